The Morgan fingerprint density at radius 1 is 1.45 bits per heavy atom. The van der Waals surface area contributed by atoms with E-state index in [0.717, 1.165) is 0 Å². The van der Waals surface area contributed by atoms with E-state index in [4.69, 9.17) is 4.74 Å². The van der Waals surface area contributed by atoms with Crippen LogP contribution in [-0.2, 0) is 4.79 Å². The molecule has 0 aliphatic carbocycles. The number of benzene rings is 1. The molecule has 20 heavy (non-hydrogen) atoms. The molecule has 1 unspecified atom stereocenters. The lowest BCUT2D eigenvalue weighted by Gasteiger charge is -2.32. The molecule has 0 bridgehead atoms. The molecule has 1 rings (SSSR count). The number of aliphatic hydroxyl groups is 1. The third kappa shape index (κ3) is 4.20. The Bertz CT molecular complexity index is 438. The molecule has 0 saturated carbocycles. The first kappa shape index (κ1) is 16.4. The minimum atomic E-state index is -0.763. The first-order valence-corrected chi connectivity index (χ1v) is 6.81. The van der Waals surface area contributed by atoms with Gasteiger partial charge >= 0.3 is 0 Å². The molecule has 0 fully saturated rings. The standard InChI is InChI=1S/C15H22FNO3/c1-4-15(5-2,10-18)17-14(19)11(3)20-13-8-6-7-12(16)9-13/h6-9,11,18H,4-5,10H2,1-3H3,(H,17,19). The van der Waals surface area contributed by atoms with Crippen molar-refractivity contribution in [1.29, 1.82) is 0 Å². The first-order valence-electron chi connectivity index (χ1n) is 6.81. The summed E-state index contributed by atoms with van der Waals surface area (Å²) in [7, 11) is 0. The van der Waals surface area contributed by atoms with E-state index in [1.165, 1.54) is 18.2 Å². The van der Waals surface area contributed by atoms with Gasteiger partial charge in [-0.3, -0.25) is 4.79 Å². The number of carbonyl (C=O) groups excluding carboxylic acids is 1. The van der Waals surface area contributed by atoms with E-state index in [1.54, 1.807) is 13.0 Å². The maximum absolute atomic E-state index is 13.0. The van der Waals surface area contributed by atoms with E-state index in [-0.39, 0.29) is 12.5 Å². The second-order valence-corrected chi connectivity index (χ2v) is 4.85. The van der Waals surface area contributed by atoms with Crippen LogP contribution in [0.4, 0.5) is 4.39 Å². The predicted octanol–water partition coefficient (Wildman–Crippen LogP) is 2.26. The van der Waals surface area contributed by atoms with E-state index in [1.807, 2.05) is 13.8 Å². The molecule has 2 N–H and O–H groups in total. The van der Waals surface area contributed by atoms with Crippen molar-refractivity contribution in [3.8, 4) is 5.75 Å². The van der Waals surface area contributed by atoms with Gasteiger partial charge in [-0.25, -0.2) is 4.39 Å². The Balaban J connectivity index is 2.67. The molecular formula is C15H22FNO3. The number of hydrogen-bond acceptors (Lipinski definition) is 3. The monoisotopic (exact) mass is 283 g/mol. The Hall–Kier alpha value is -1.62. The van der Waals surface area contributed by atoms with E-state index in [2.05, 4.69) is 5.32 Å². The number of carbonyl (C=O) groups is 1. The maximum Gasteiger partial charge on any atom is 0.261 e. The zero-order valence-corrected chi connectivity index (χ0v) is 12.1. The summed E-state index contributed by atoms with van der Waals surface area (Å²) >= 11 is 0. The fourth-order valence-electron chi connectivity index (χ4n) is 1.85. The van der Waals surface area contributed by atoms with Gasteiger partial charge in [0.2, 0.25) is 0 Å². The molecule has 1 aromatic rings. The second-order valence-electron chi connectivity index (χ2n) is 4.85. The summed E-state index contributed by atoms with van der Waals surface area (Å²) in [5, 5.41) is 12.2. The molecule has 5 heteroatoms. The smallest absolute Gasteiger partial charge is 0.261 e. The molecule has 1 atom stereocenters. The van der Waals surface area contributed by atoms with Crippen molar-refractivity contribution < 1.29 is 19.0 Å². The molecule has 0 aromatic heterocycles. The predicted molar refractivity (Wildman–Crippen MR) is 75.0 cm³/mol. The van der Waals surface area contributed by atoms with Gasteiger partial charge in [0, 0.05) is 6.07 Å². The molecule has 1 aromatic carbocycles. The summed E-state index contributed by atoms with van der Waals surface area (Å²) in [5.41, 5.74) is -0.628. The second kappa shape index (κ2) is 7.24. The van der Waals surface area contributed by atoms with Crippen LogP contribution in [0, 0.1) is 5.82 Å². The summed E-state index contributed by atoms with van der Waals surface area (Å²) in [5.74, 6) is -0.441. The van der Waals surface area contributed by atoms with Gasteiger partial charge in [-0.15, -0.1) is 0 Å². The van der Waals surface area contributed by atoms with Gasteiger partial charge in [0.25, 0.3) is 5.91 Å². The minimum absolute atomic E-state index is 0.127. The lowest BCUT2D eigenvalue weighted by atomic mass is 9.93. The lowest BCUT2D eigenvalue weighted by Crippen LogP contribution is -2.53. The zero-order valence-electron chi connectivity index (χ0n) is 12.1. The molecule has 0 saturated heterocycles. The van der Waals surface area contributed by atoms with Crippen molar-refractivity contribution in [2.24, 2.45) is 0 Å². The van der Waals surface area contributed by atoms with Crippen molar-refractivity contribution in [2.75, 3.05) is 6.61 Å². The van der Waals surface area contributed by atoms with E-state index < -0.39 is 17.5 Å². The largest absolute Gasteiger partial charge is 0.481 e. The fourth-order valence-corrected chi connectivity index (χ4v) is 1.85. The Morgan fingerprint density at radius 3 is 2.60 bits per heavy atom. The summed E-state index contributed by atoms with van der Waals surface area (Å²) in [6.45, 7) is 5.27. The summed E-state index contributed by atoms with van der Waals surface area (Å²) in [6.07, 6.45) is 0.484. The van der Waals surface area contributed by atoms with Crippen molar-refractivity contribution in [2.45, 2.75) is 45.3 Å². The van der Waals surface area contributed by atoms with Crippen LogP contribution < -0.4 is 10.1 Å². The molecular weight excluding hydrogens is 261 g/mol. The van der Waals surface area contributed by atoms with Crippen molar-refractivity contribution in [3.05, 3.63) is 30.1 Å². The highest BCUT2D eigenvalue weighted by Crippen LogP contribution is 2.17. The third-order valence-corrected chi connectivity index (χ3v) is 3.52. The van der Waals surface area contributed by atoms with Crippen LogP contribution in [0.2, 0.25) is 0 Å². The molecule has 0 heterocycles. The number of aliphatic hydroxyl groups excluding tert-OH is 1. The Kier molecular flexibility index (Phi) is 5.95. The topological polar surface area (TPSA) is 58.6 Å². The van der Waals surface area contributed by atoms with E-state index in [9.17, 15) is 14.3 Å². The molecule has 4 nitrogen and oxygen atoms in total. The summed E-state index contributed by atoms with van der Waals surface area (Å²) < 4.78 is 18.4. The number of halogens is 1. The Labute approximate surface area is 119 Å². The highest BCUT2D eigenvalue weighted by Gasteiger charge is 2.29. The van der Waals surface area contributed by atoms with Crippen LogP contribution in [0.5, 0.6) is 5.75 Å². The van der Waals surface area contributed by atoms with E-state index >= 15 is 0 Å². The zero-order chi connectivity index (χ0) is 15.2. The molecule has 0 aliphatic rings. The Morgan fingerprint density at radius 2 is 2.10 bits per heavy atom. The minimum Gasteiger partial charge on any atom is -0.481 e. The van der Waals surface area contributed by atoms with Crippen LogP contribution in [-0.4, -0.2) is 29.3 Å². The first-order chi connectivity index (χ1) is 9.46. The van der Waals surface area contributed by atoms with Gasteiger partial charge in [0.05, 0.1) is 12.1 Å². The van der Waals surface area contributed by atoms with Gasteiger partial charge in [-0.1, -0.05) is 19.9 Å². The molecule has 1 amide bonds. The van der Waals surface area contributed by atoms with E-state index in [0.29, 0.717) is 18.6 Å². The van der Waals surface area contributed by atoms with Crippen LogP contribution in [0.25, 0.3) is 0 Å². The third-order valence-electron chi connectivity index (χ3n) is 3.52. The number of hydrogen-bond donors (Lipinski definition) is 2. The van der Waals surface area contributed by atoms with Crippen LogP contribution in [0.1, 0.15) is 33.6 Å². The molecule has 0 aliphatic heterocycles. The normalized spacial score (nSPS) is 12.8. The maximum atomic E-state index is 13.0. The van der Waals surface area contributed by atoms with Gasteiger partial charge in [0.15, 0.2) is 6.10 Å². The number of nitrogens with one attached hydrogen (secondary N) is 1. The number of ether oxygens (including phenoxy) is 1. The fraction of sp³-hybridized carbons (Fsp3) is 0.533. The van der Waals surface area contributed by atoms with Crippen molar-refractivity contribution in [1.82, 2.24) is 5.32 Å². The average molecular weight is 283 g/mol. The molecule has 0 radical (unpaired) electrons. The molecule has 112 valence electrons. The van der Waals surface area contributed by atoms with Crippen LogP contribution in [0.15, 0.2) is 24.3 Å². The number of rotatable bonds is 7. The molecule has 0 spiro atoms. The summed E-state index contributed by atoms with van der Waals surface area (Å²) in [4.78, 5) is 12.1. The van der Waals surface area contributed by atoms with Gasteiger partial charge in [0.1, 0.15) is 11.6 Å². The number of amides is 1. The van der Waals surface area contributed by atoms with Crippen LogP contribution >= 0.6 is 0 Å². The van der Waals surface area contributed by atoms with Crippen molar-refractivity contribution in [3.63, 3.8) is 0 Å². The highest BCUT2D eigenvalue weighted by atomic mass is 19.1. The summed E-state index contributed by atoms with van der Waals surface area (Å²) in [6, 6.07) is 5.64. The van der Waals surface area contributed by atoms with Gasteiger partial charge in [-0.2, -0.15) is 0 Å². The van der Waals surface area contributed by atoms with Crippen molar-refractivity contribution >= 4 is 5.91 Å². The lowest BCUT2D eigenvalue weighted by molar-refractivity contribution is -0.130. The highest BCUT2D eigenvalue weighted by molar-refractivity contribution is 5.81. The van der Waals surface area contributed by atoms with Crippen LogP contribution in [0.3, 0.4) is 0 Å². The SMILES string of the molecule is CCC(CC)(CO)NC(=O)C(C)Oc1cccc(F)c1. The van der Waals surface area contributed by atoms with Gasteiger partial charge < -0.3 is 15.2 Å². The average Bonchev–Trinajstić information content (AvgIpc) is 2.44. The van der Waals surface area contributed by atoms with Gasteiger partial charge in [-0.05, 0) is 31.9 Å². The quantitative estimate of drug-likeness (QED) is 0.807.